The van der Waals surface area contributed by atoms with Crippen LogP contribution in [0.5, 0.6) is 0 Å². The van der Waals surface area contributed by atoms with Gasteiger partial charge in [0.1, 0.15) is 0 Å². The maximum absolute atomic E-state index is 5.75. The van der Waals surface area contributed by atoms with Crippen LogP contribution in [0.3, 0.4) is 0 Å². The van der Waals surface area contributed by atoms with Gasteiger partial charge in [-0.3, -0.25) is 10.5 Å². The monoisotopic (exact) mass is 331 g/mol. The zero-order valence-corrected chi connectivity index (χ0v) is 13.1. The summed E-state index contributed by atoms with van der Waals surface area (Å²) in [6.45, 7) is 2.58. The van der Waals surface area contributed by atoms with Crippen LogP contribution in [-0.4, -0.2) is 48.0 Å². The SMILES string of the molecule is CN(C)CCn1ncc(Br)c1C(NN)C1CCCO1. The number of nitrogens with one attached hydrogen (secondary N) is 1. The number of hydrogen-bond donors (Lipinski definition) is 2. The Morgan fingerprint density at radius 2 is 2.47 bits per heavy atom. The predicted molar refractivity (Wildman–Crippen MR) is 77.5 cm³/mol. The Balaban J connectivity index is 2.18. The second kappa shape index (κ2) is 6.81. The van der Waals surface area contributed by atoms with Crippen molar-refractivity contribution in [1.29, 1.82) is 0 Å². The fourth-order valence-corrected chi connectivity index (χ4v) is 2.92. The van der Waals surface area contributed by atoms with Gasteiger partial charge in [0.05, 0.1) is 35.1 Å². The highest BCUT2D eigenvalue weighted by atomic mass is 79.9. The fourth-order valence-electron chi connectivity index (χ4n) is 2.38. The molecule has 1 aromatic heterocycles. The van der Waals surface area contributed by atoms with Gasteiger partial charge in [-0.25, -0.2) is 5.43 Å². The van der Waals surface area contributed by atoms with Crippen LogP contribution in [0.2, 0.25) is 0 Å². The smallest absolute Gasteiger partial charge is 0.0901 e. The van der Waals surface area contributed by atoms with E-state index in [4.69, 9.17) is 10.6 Å². The first-order chi connectivity index (χ1) is 9.13. The van der Waals surface area contributed by atoms with E-state index in [1.54, 1.807) is 0 Å². The molecule has 108 valence electrons. The van der Waals surface area contributed by atoms with E-state index in [9.17, 15) is 0 Å². The third-order valence-electron chi connectivity index (χ3n) is 3.40. The molecule has 1 aliphatic rings. The van der Waals surface area contributed by atoms with Gasteiger partial charge in [-0.1, -0.05) is 0 Å². The minimum atomic E-state index is -0.0264. The van der Waals surface area contributed by atoms with E-state index in [0.717, 1.165) is 42.7 Å². The number of hydrazine groups is 1. The van der Waals surface area contributed by atoms with E-state index in [2.05, 4.69) is 45.4 Å². The van der Waals surface area contributed by atoms with Crippen LogP contribution < -0.4 is 11.3 Å². The maximum atomic E-state index is 5.75. The zero-order valence-electron chi connectivity index (χ0n) is 11.5. The summed E-state index contributed by atoms with van der Waals surface area (Å²) < 4.78 is 8.72. The summed E-state index contributed by atoms with van der Waals surface area (Å²) in [6.07, 6.45) is 4.06. The van der Waals surface area contributed by atoms with Crippen LogP contribution in [0, 0.1) is 0 Å². The summed E-state index contributed by atoms with van der Waals surface area (Å²) in [5.74, 6) is 5.74. The molecule has 1 saturated heterocycles. The Labute approximate surface area is 122 Å². The largest absolute Gasteiger partial charge is 0.376 e. The zero-order chi connectivity index (χ0) is 13.8. The first-order valence-corrected chi connectivity index (χ1v) is 7.36. The first-order valence-electron chi connectivity index (χ1n) is 6.57. The molecule has 7 heteroatoms. The molecule has 3 N–H and O–H groups in total. The highest BCUT2D eigenvalue weighted by molar-refractivity contribution is 9.10. The van der Waals surface area contributed by atoms with Crippen molar-refractivity contribution in [2.24, 2.45) is 5.84 Å². The number of rotatable bonds is 6. The van der Waals surface area contributed by atoms with Crippen LogP contribution in [0.1, 0.15) is 24.6 Å². The van der Waals surface area contributed by atoms with E-state index in [1.807, 2.05) is 10.9 Å². The Kier molecular flexibility index (Phi) is 5.35. The van der Waals surface area contributed by atoms with Gasteiger partial charge in [0.15, 0.2) is 0 Å². The summed E-state index contributed by atoms with van der Waals surface area (Å²) in [7, 11) is 4.11. The number of nitrogens with zero attached hydrogens (tertiary/aromatic N) is 3. The lowest BCUT2D eigenvalue weighted by molar-refractivity contribution is 0.0751. The normalized spacial score (nSPS) is 21.2. The quantitative estimate of drug-likeness (QED) is 0.598. The van der Waals surface area contributed by atoms with Gasteiger partial charge in [-0.15, -0.1) is 0 Å². The van der Waals surface area contributed by atoms with Gasteiger partial charge < -0.3 is 9.64 Å². The van der Waals surface area contributed by atoms with Crippen LogP contribution in [0.15, 0.2) is 10.7 Å². The number of likely N-dealkylation sites (N-methyl/N-ethyl adjacent to an activating group) is 1. The molecular formula is C12H22BrN5O. The minimum Gasteiger partial charge on any atom is -0.376 e. The number of halogens is 1. The molecule has 2 atom stereocenters. The van der Waals surface area contributed by atoms with Crippen molar-refractivity contribution < 1.29 is 4.74 Å². The number of aromatic nitrogens is 2. The van der Waals surface area contributed by atoms with E-state index < -0.39 is 0 Å². The lowest BCUT2D eigenvalue weighted by atomic mass is 10.1. The maximum Gasteiger partial charge on any atom is 0.0901 e. The molecule has 19 heavy (non-hydrogen) atoms. The molecule has 2 heterocycles. The molecule has 1 aromatic rings. The lowest BCUT2D eigenvalue weighted by Gasteiger charge is -2.24. The Morgan fingerprint density at radius 3 is 3.05 bits per heavy atom. The topological polar surface area (TPSA) is 68.3 Å². The fraction of sp³-hybridized carbons (Fsp3) is 0.750. The molecule has 0 bridgehead atoms. The first kappa shape index (κ1) is 14.9. The molecule has 2 rings (SSSR count). The van der Waals surface area contributed by atoms with Gasteiger partial charge in [-0.05, 0) is 42.9 Å². The number of nitrogens with two attached hydrogens (primary N) is 1. The molecule has 0 aromatic carbocycles. The molecule has 0 amide bonds. The highest BCUT2D eigenvalue weighted by Gasteiger charge is 2.30. The highest BCUT2D eigenvalue weighted by Crippen LogP contribution is 2.30. The average Bonchev–Trinajstić information content (AvgIpc) is 3.00. The van der Waals surface area contributed by atoms with E-state index in [1.165, 1.54) is 0 Å². The van der Waals surface area contributed by atoms with Gasteiger partial charge in [-0.2, -0.15) is 5.10 Å². The molecular weight excluding hydrogens is 310 g/mol. The molecule has 0 saturated carbocycles. The van der Waals surface area contributed by atoms with Crippen molar-refractivity contribution >= 4 is 15.9 Å². The Hall–Kier alpha value is -0.470. The third kappa shape index (κ3) is 3.55. The van der Waals surface area contributed by atoms with Crippen molar-refractivity contribution in [2.75, 3.05) is 27.2 Å². The average molecular weight is 332 g/mol. The van der Waals surface area contributed by atoms with Crippen molar-refractivity contribution in [3.63, 3.8) is 0 Å². The van der Waals surface area contributed by atoms with Crippen LogP contribution in [0.25, 0.3) is 0 Å². The molecule has 1 aliphatic heterocycles. The molecule has 0 aliphatic carbocycles. The van der Waals surface area contributed by atoms with Crippen molar-refractivity contribution in [2.45, 2.75) is 31.5 Å². The van der Waals surface area contributed by atoms with Crippen molar-refractivity contribution in [3.8, 4) is 0 Å². The second-order valence-corrected chi connectivity index (χ2v) is 5.95. The molecule has 6 nitrogen and oxygen atoms in total. The van der Waals surface area contributed by atoms with Crippen LogP contribution >= 0.6 is 15.9 Å². The summed E-state index contributed by atoms with van der Waals surface area (Å²) >= 11 is 3.56. The molecule has 2 unspecified atom stereocenters. The summed E-state index contributed by atoms with van der Waals surface area (Å²) in [4.78, 5) is 2.14. The summed E-state index contributed by atoms with van der Waals surface area (Å²) in [5, 5.41) is 4.42. The predicted octanol–water partition coefficient (Wildman–Crippen LogP) is 0.891. The molecule has 0 radical (unpaired) electrons. The van der Waals surface area contributed by atoms with E-state index >= 15 is 0 Å². The minimum absolute atomic E-state index is 0.0264. The van der Waals surface area contributed by atoms with Crippen LogP contribution in [0.4, 0.5) is 0 Å². The Bertz CT molecular complexity index is 403. The second-order valence-electron chi connectivity index (χ2n) is 5.10. The molecule has 1 fully saturated rings. The molecule has 0 spiro atoms. The van der Waals surface area contributed by atoms with Gasteiger partial charge in [0.2, 0.25) is 0 Å². The summed E-state index contributed by atoms with van der Waals surface area (Å²) in [6, 6.07) is -0.0264. The Morgan fingerprint density at radius 1 is 1.68 bits per heavy atom. The van der Waals surface area contributed by atoms with Crippen molar-refractivity contribution in [1.82, 2.24) is 20.1 Å². The summed E-state index contributed by atoms with van der Waals surface area (Å²) in [5.41, 5.74) is 3.95. The lowest BCUT2D eigenvalue weighted by Crippen LogP contribution is -2.38. The number of hydrogen-bond acceptors (Lipinski definition) is 5. The van der Waals surface area contributed by atoms with Gasteiger partial charge in [0.25, 0.3) is 0 Å². The van der Waals surface area contributed by atoms with Crippen molar-refractivity contribution in [3.05, 3.63) is 16.4 Å². The van der Waals surface area contributed by atoms with Gasteiger partial charge in [0, 0.05) is 13.2 Å². The van der Waals surface area contributed by atoms with Crippen LogP contribution in [-0.2, 0) is 11.3 Å². The third-order valence-corrected chi connectivity index (χ3v) is 4.01. The van der Waals surface area contributed by atoms with E-state index in [-0.39, 0.29) is 12.1 Å². The number of ether oxygens (including phenoxy) is 1. The standard InChI is InChI=1S/C12H22BrN5O/c1-17(2)5-6-18-12(9(13)8-15-18)11(16-14)10-4-3-7-19-10/h8,10-11,16H,3-7,14H2,1-2H3. The van der Waals surface area contributed by atoms with E-state index in [0.29, 0.717) is 0 Å². The van der Waals surface area contributed by atoms with Gasteiger partial charge >= 0.3 is 0 Å².